The number of methoxy groups -OCH3 is 1. The van der Waals surface area contributed by atoms with E-state index in [1.54, 1.807) is 18.4 Å². The zero-order valence-electron chi connectivity index (χ0n) is 22.7. The Morgan fingerprint density at radius 2 is 1.10 bits per heavy atom. The van der Waals surface area contributed by atoms with Crippen molar-refractivity contribution in [3.05, 3.63) is 138 Å². The van der Waals surface area contributed by atoms with Gasteiger partial charge in [-0.05, 0) is 74.9 Å². The molecule has 7 aromatic rings. The van der Waals surface area contributed by atoms with Gasteiger partial charge in [0.2, 0.25) is 0 Å². The second-order valence-corrected chi connectivity index (χ2v) is 11.9. The van der Waals surface area contributed by atoms with E-state index in [0.717, 1.165) is 33.5 Å². The van der Waals surface area contributed by atoms with Gasteiger partial charge >= 0.3 is 0 Å². The molecule has 0 aliphatic heterocycles. The normalized spacial score (nSPS) is 11.9. The van der Waals surface area contributed by atoms with Crippen molar-refractivity contribution in [2.45, 2.75) is 0 Å². The Kier molecular flexibility index (Phi) is 6.06. The maximum absolute atomic E-state index is 5.33. The Balaban J connectivity index is 1.10. The van der Waals surface area contributed by atoms with Crippen molar-refractivity contribution in [2.24, 2.45) is 0 Å². The average Bonchev–Trinajstić information content (AvgIpc) is 3.80. The predicted octanol–water partition coefficient (Wildman–Crippen LogP) is 10.3. The second-order valence-electron chi connectivity index (χ2n) is 10.3. The molecule has 0 bridgehead atoms. The Labute approximate surface area is 252 Å². The van der Waals surface area contributed by atoms with Crippen LogP contribution in [-0.2, 0) is 0 Å². The van der Waals surface area contributed by atoms with Crippen LogP contribution >= 0.6 is 23.1 Å². The molecule has 1 aliphatic rings. The molecule has 0 saturated heterocycles. The molecule has 0 amide bonds. The van der Waals surface area contributed by atoms with Crippen LogP contribution in [0.1, 0.15) is 16.7 Å². The summed E-state index contributed by atoms with van der Waals surface area (Å²) in [5, 5.41) is 0. The minimum atomic E-state index is 0.841. The summed E-state index contributed by atoms with van der Waals surface area (Å²) in [6, 6.07) is 43.1. The summed E-state index contributed by atoms with van der Waals surface area (Å²) in [5.74, 6) is 0.841. The van der Waals surface area contributed by atoms with Gasteiger partial charge in [0.1, 0.15) is 16.8 Å². The highest BCUT2D eigenvalue weighted by atomic mass is 32.1. The molecule has 0 saturated carbocycles. The quantitative estimate of drug-likeness (QED) is 0.204. The van der Waals surface area contributed by atoms with Crippen LogP contribution in [0.15, 0.2) is 121 Å². The molecule has 3 nitrogen and oxygen atoms in total. The van der Waals surface area contributed by atoms with Crippen LogP contribution in [-0.4, -0.2) is 15.9 Å². The van der Waals surface area contributed by atoms with Crippen molar-refractivity contribution in [3.63, 3.8) is 0 Å². The van der Waals surface area contributed by atoms with E-state index >= 15 is 0 Å². The van der Waals surface area contributed by atoms with E-state index < -0.39 is 0 Å². The molecule has 0 fully saturated rings. The van der Waals surface area contributed by atoms with Crippen LogP contribution in [0.4, 0.5) is 0 Å². The van der Waals surface area contributed by atoms with E-state index in [-0.39, 0.29) is 0 Å². The lowest BCUT2D eigenvalue weighted by molar-refractivity contribution is 0.415. The second kappa shape index (κ2) is 10.2. The van der Waals surface area contributed by atoms with Gasteiger partial charge in [-0.25, -0.2) is 0 Å². The number of ether oxygens (including phenoxy) is 1. The highest BCUT2D eigenvalue weighted by Gasteiger charge is 2.22. The minimum absolute atomic E-state index is 0.841. The summed E-state index contributed by atoms with van der Waals surface area (Å²) < 4.78 is 14.7. The molecule has 5 heteroatoms. The molecule has 5 aromatic carbocycles. The van der Waals surface area contributed by atoms with Gasteiger partial charge in [-0.1, -0.05) is 97.1 Å². The summed E-state index contributed by atoms with van der Waals surface area (Å²) >= 11 is 3.05. The smallest absolute Gasteiger partial charge is 0.118 e. The van der Waals surface area contributed by atoms with Gasteiger partial charge in [-0.3, -0.25) is 0 Å². The zero-order chi connectivity index (χ0) is 28.0. The molecule has 0 atom stereocenters. The molecule has 0 spiro atoms. The van der Waals surface area contributed by atoms with Crippen molar-refractivity contribution >= 4 is 45.7 Å². The van der Waals surface area contributed by atoms with Crippen molar-refractivity contribution < 1.29 is 4.74 Å². The molecule has 42 heavy (non-hydrogen) atoms. The van der Waals surface area contributed by atoms with Gasteiger partial charge in [0.05, 0.1) is 18.8 Å². The molecule has 1 aliphatic carbocycles. The van der Waals surface area contributed by atoms with Crippen molar-refractivity contribution in [1.29, 1.82) is 0 Å². The van der Waals surface area contributed by atoms with Gasteiger partial charge in [0, 0.05) is 20.9 Å². The van der Waals surface area contributed by atoms with Gasteiger partial charge in [-0.15, -0.1) is 11.3 Å². The summed E-state index contributed by atoms with van der Waals surface area (Å²) in [5.41, 5.74) is 14.1. The molecule has 0 N–H and O–H groups in total. The highest BCUT2D eigenvalue weighted by molar-refractivity contribution is 7.19. The number of aromatic nitrogens is 2. The van der Waals surface area contributed by atoms with Crippen LogP contribution in [0.5, 0.6) is 5.75 Å². The van der Waals surface area contributed by atoms with Crippen LogP contribution < -0.4 is 4.74 Å². The number of hydrogen-bond donors (Lipinski definition) is 0. The molecule has 0 unspecified atom stereocenters. The molecule has 0 radical (unpaired) electrons. The lowest BCUT2D eigenvalue weighted by Crippen LogP contribution is -1.85. The minimum Gasteiger partial charge on any atom is -0.497 e. The fourth-order valence-corrected chi connectivity index (χ4v) is 7.43. The van der Waals surface area contributed by atoms with Gasteiger partial charge in [0.15, 0.2) is 0 Å². The predicted molar refractivity (Wildman–Crippen MR) is 177 cm³/mol. The maximum Gasteiger partial charge on any atom is 0.118 e. The number of benzene rings is 5. The average molecular weight is 577 g/mol. The lowest BCUT2D eigenvalue weighted by Gasteiger charge is -2.07. The molecule has 8 rings (SSSR count). The van der Waals surface area contributed by atoms with E-state index in [2.05, 4.69) is 120 Å². The first-order chi connectivity index (χ1) is 20.8. The Morgan fingerprint density at radius 1 is 0.524 bits per heavy atom. The van der Waals surface area contributed by atoms with Crippen molar-refractivity contribution in [3.8, 4) is 48.9 Å². The largest absolute Gasteiger partial charge is 0.497 e. The third-order valence-corrected chi connectivity index (χ3v) is 9.61. The third-order valence-electron chi connectivity index (χ3n) is 7.92. The number of thiophene rings is 1. The fourth-order valence-electron chi connectivity index (χ4n) is 5.82. The summed E-state index contributed by atoms with van der Waals surface area (Å²) in [4.78, 5) is 2.42. The number of hydrogen-bond acceptors (Lipinski definition) is 5. The molecule has 2 heterocycles. The molecule has 2 aromatic heterocycles. The van der Waals surface area contributed by atoms with Gasteiger partial charge in [0.25, 0.3) is 0 Å². The molecular weight excluding hydrogens is 553 g/mol. The topological polar surface area (TPSA) is 35.0 Å². The van der Waals surface area contributed by atoms with Crippen LogP contribution in [0, 0.1) is 0 Å². The van der Waals surface area contributed by atoms with E-state index in [4.69, 9.17) is 9.11 Å². The molecular formula is C37H24N2OS2. The summed E-state index contributed by atoms with van der Waals surface area (Å²) in [6.45, 7) is 0. The van der Waals surface area contributed by atoms with E-state index in [0.29, 0.717) is 0 Å². The SMILES string of the molecule is COc1ccc(-c2ccc(-c3ccc(-c4ccc(C=C5c6ccccc6-c6ccccc65)cc4)s3)c3nsnc23)cc1. The maximum atomic E-state index is 5.33. The van der Waals surface area contributed by atoms with E-state index in [1.165, 1.54) is 60.4 Å². The van der Waals surface area contributed by atoms with E-state index in [9.17, 15) is 0 Å². The Hall–Kier alpha value is -4.84. The lowest BCUT2D eigenvalue weighted by atomic mass is 10.0. The summed E-state index contributed by atoms with van der Waals surface area (Å²) in [7, 11) is 1.68. The number of nitrogens with zero attached hydrogens (tertiary/aromatic N) is 2. The first-order valence-electron chi connectivity index (χ1n) is 13.8. The number of rotatable bonds is 5. The molecule has 200 valence electrons. The first kappa shape index (κ1) is 24.9. The highest BCUT2D eigenvalue weighted by Crippen LogP contribution is 2.45. The standard InChI is InChI=1S/C37H24N2OS2/c1-40-26-16-14-24(15-17-26)27-18-19-32(37-36(27)38-42-39-37)35-21-20-34(41-35)25-12-10-23(11-13-25)22-33-30-8-4-2-6-28(30)29-7-3-5-9-31(29)33/h2-22H,1H3. The zero-order valence-corrected chi connectivity index (χ0v) is 24.4. The Morgan fingerprint density at radius 3 is 1.76 bits per heavy atom. The fraction of sp³-hybridized carbons (Fsp3) is 0.0270. The van der Waals surface area contributed by atoms with Gasteiger partial charge in [-0.2, -0.15) is 8.75 Å². The summed E-state index contributed by atoms with van der Waals surface area (Å²) in [6.07, 6.45) is 2.31. The van der Waals surface area contributed by atoms with Crippen LogP contribution in [0.25, 0.3) is 65.8 Å². The first-order valence-corrected chi connectivity index (χ1v) is 15.3. The number of fused-ring (bicyclic) bond motifs is 4. The van der Waals surface area contributed by atoms with E-state index in [1.807, 2.05) is 12.1 Å². The van der Waals surface area contributed by atoms with Gasteiger partial charge < -0.3 is 4.74 Å². The van der Waals surface area contributed by atoms with Crippen molar-refractivity contribution in [2.75, 3.05) is 7.11 Å². The third kappa shape index (κ3) is 4.17. The Bertz CT molecular complexity index is 2070. The monoisotopic (exact) mass is 576 g/mol. The van der Waals surface area contributed by atoms with Crippen LogP contribution in [0.3, 0.4) is 0 Å². The van der Waals surface area contributed by atoms with Crippen molar-refractivity contribution in [1.82, 2.24) is 8.75 Å². The van der Waals surface area contributed by atoms with Crippen LogP contribution in [0.2, 0.25) is 0 Å².